The van der Waals surface area contributed by atoms with Gasteiger partial charge in [-0.1, -0.05) is 18.2 Å². The van der Waals surface area contributed by atoms with Gasteiger partial charge < -0.3 is 24.8 Å². The maximum atomic E-state index is 12.6. The van der Waals surface area contributed by atoms with Crippen LogP contribution in [0.3, 0.4) is 0 Å². The molecule has 6 nitrogen and oxygen atoms in total. The molecule has 0 aromatic heterocycles. The molecule has 1 spiro atoms. The highest BCUT2D eigenvalue weighted by Gasteiger charge is 2.56. The molecule has 5 rings (SSSR count). The van der Waals surface area contributed by atoms with Gasteiger partial charge in [0, 0.05) is 30.0 Å². The quantitative estimate of drug-likeness (QED) is 0.614. The van der Waals surface area contributed by atoms with Crippen LogP contribution in [0.15, 0.2) is 42.5 Å². The molecule has 0 amide bonds. The summed E-state index contributed by atoms with van der Waals surface area (Å²) in [6.07, 6.45) is -0.608. The van der Waals surface area contributed by atoms with E-state index < -0.39 is 11.7 Å². The lowest BCUT2D eigenvalue weighted by Gasteiger charge is -2.41. The van der Waals surface area contributed by atoms with Crippen molar-refractivity contribution < 1.29 is 29.6 Å². The Balaban J connectivity index is 1.94. The Hall–Kier alpha value is -3.25. The minimum atomic E-state index is -1.26. The molecule has 2 unspecified atom stereocenters. The summed E-state index contributed by atoms with van der Waals surface area (Å²) in [5.74, 6) is 0.0789. The Morgan fingerprint density at radius 3 is 2.48 bits per heavy atom. The third-order valence-corrected chi connectivity index (χ3v) is 5.57. The van der Waals surface area contributed by atoms with Crippen LogP contribution in [-0.4, -0.2) is 34.3 Å². The maximum Gasteiger partial charge on any atom is 0.190 e. The Morgan fingerprint density at radius 1 is 1.00 bits per heavy atom. The molecule has 0 radical (unpaired) electrons. The van der Waals surface area contributed by atoms with E-state index in [1.54, 1.807) is 24.3 Å². The van der Waals surface area contributed by atoms with Crippen molar-refractivity contribution in [3.63, 3.8) is 0 Å². The highest BCUT2D eigenvalue weighted by Crippen LogP contribution is 2.57. The van der Waals surface area contributed by atoms with Crippen LogP contribution in [0.25, 0.3) is 10.8 Å². The van der Waals surface area contributed by atoms with Crippen LogP contribution in [0, 0.1) is 0 Å². The van der Waals surface area contributed by atoms with Crippen LogP contribution < -0.4 is 4.74 Å². The smallest absolute Gasteiger partial charge is 0.190 e. The van der Waals surface area contributed by atoms with E-state index in [0.29, 0.717) is 27.8 Å². The second-order valence-corrected chi connectivity index (χ2v) is 6.85. The number of benzene rings is 3. The molecular formula is C21H16O6. The predicted octanol–water partition coefficient (Wildman–Crippen LogP) is 3.19. The Kier molecular flexibility index (Phi) is 3.04. The van der Waals surface area contributed by atoms with E-state index in [2.05, 4.69) is 0 Å². The molecule has 0 fully saturated rings. The third kappa shape index (κ3) is 1.80. The minimum absolute atomic E-state index is 0.0687. The summed E-state index contributed by atoms with van der Waals surface area (Å²) < 4.78 is 12.0. The summed E-state index contributed by atoms with van der Waals surface area (Å²) in [6.45, 7) is 0. The van der Waals surface area contributed by atoms with Gasteiger partial charge >= 0.3 is 0 Å². The molecule has 6 heteroatoms. The van der Waals surface area contributed by atoms with Gasteiger partial charge in [-0.25, -0.2) is 0 Å². The number of hydrogen-bond acceptors (Lipinski definition) is 6. The normalized spacial score (nSPS) is 22.9. The predicted molar refractivity (Wildman–Crippen MR) is 96.5 cm³/mol. The SMILES string of the molecule is COC1CC(=O)c2cccc(O)c2C12Oc1ccc(O)c3c(O)ccc2c13. The van der Waals surface area contributed by atoms with Gasteiger partial charge in [0.05, 0.1) is 10.9 Å². The number of phenols is 3. The van der Waals surface area contributed by atoms with Crippen LogP contribution in [0.5, 0.6) is 23.0 Å². The molecule has 2 aliphatic rings. The van der Waals surface area contributed by atoms with Crippen LogP contribution in [0.1, 0.15) is 27.9 Å². The second kappa shape index (κ2) is 5.14. The number of rotatable bonds is 1. The standard InChI is InChI=1S/C21H16O6/c1-26-17-9-15(25)10-3-2-4-14(24)20(10)21(17)11-5-6-12(22)19-13(23)7-8-16(27-21)18(11)19/h2-8,17,22-24H,9H2,1H3. The van der Waals surface area contributed by atoms with Crippen molar-refractivity contribution in [3.05, 3.63) is 59.2 Å². The Bertz CT molecular complexity index is 1130. The van der Waals surface area contributed by atoms with E-state index in [-0.39, 0.29) is 34.8 Å². The first kappa shape index (κ1) is 16.0. The number of phenolic OH excluding ortho intramolecular Hbond substituents is 3. The van der Waals surface area contributed by atoms with Crippen molar-refractivity contribution in [1.29, 1.82) is 0 Å². The summed E-state index contributed by atoms with van der Waals surface area (Å²) >= 11 is 0. The number of ether oxygens (including phenoxy) is 2. The summed E-state index contributed by atoms with van der Waals surface area (Å²) in [5.41, 5.74) is 0.0893. The van der Waals surface area contributed by atoms with Crippen molar-refractivity contribution in [2.75, 3.05) is 7.11 Å². The van der Waals surface area contributed by atoms with Gasteiger partial charge in [-0.05, 0) is 24.3 Å². The highest BCUT2D eigenvalue weighted by atomic mass is 16.6. The Morgan fingerprint density at radius 2 is 1.74 bits per heavy atom. The Labute approximate surface area is 154 Å². The fourth-order valence-corrected chi connectivity index (χ4v) is 4.47. The van der Waals surface area contributed by atoms with Crippen molar-refractivity contribution in [2.45, 2.75) is 18.1 Å². The lowest BCUT2D eigenvalue weighted by molar-refractivity contribution is -0.0528. The van der Waals surface area contributed by atoms with E-state index >= 15 is 0 Å². The highest BCUT2D eigenvalue weighted by molar-refractivity contribution is 6.05. The number of carbonyl (C=O) groups is 1. The molecule has 3 N–H and O–H groups in total. The molecule has 27 heavy (non-hydrogen) atoms. The molecule has 136 valence electrons. The van der Waals surface area contributed by atoms with E-state index in [1.807, 2.05) is 0 Å². The van der Waals surface area contributed by atoms with Gasteiger partial charge in [-0.3, -0.25) is 4.79 Å². The van der Waals surface area contributed by atoms with Crippen LogP contribution >= 0.6 is 0 Å². The zero-order valence-electron chi connectivity index (χ0n) is 14.4. The van der Waals surface area contributed by atoms with E-state index in [4.69, 9.17) is 9.47 Å². The van der Waals surface area contributed by atoms with Gasteiger partial charge in [-0.2, -0.15) is 0 Å². The topological polar surface area (TPSA) is 96.2 Å². The van der Waals surface area contributed by atoms with E-state index in [9.17, 15) is 20.1 Å². The molecule has 2 atom stereocenters. The fourth-order valence-electron chi connectivity index (χ4n) is 4.47. The molecule has 0 bridgehead atoms. The van der Waals surface area contributed by atoms with Crippen molar-refractivity contribution in [1.82, 2.24) is 0 Å². The molecular weight excluding hydrogens is 348 g/mol. The first-order valence-electron chi connectivity index (χ1n) is 8.54. The van der Waals surface area contributed by atoms with Gasteiger partial charge in [-0.15, -0.1) is 0 Å². The zero-order valence-corrected chi connectivity index (χ0v) is 14.4. The lowest BCUT2D eigenvalue weighted by atomic mass is 9.71. The van der Waals surface area contributed by atoms with Crippen LogP contribution in [-0.2, 0) is 10.3 Å². The van der Waals surface area contributed by atoms with Gasteiger partial charge in [0.15, 0.2) is 11.4 Å². The largest absolute Gasteiger partial charge is 0.507 e. The van der Waals surface area contributed by atoms with E-state index in [1.165, 1.54) is 25.3 Å². The summed E-state index contributed by atoms with van der Waals surface area (Å²) in [6, 6.07) is 11.0. The molecule has 1 aliphatic carbocycles. The minimum Gasteiger partial charge on any atom is -0.507 e. The third-order valence-electron chi connectivity index (χ3n) is 5.57. The number of fused-ring (bicyclic) bond motifs is 3. The number of carbonyl (C=O) groups excluding carboxylic acids is 1. The molecule has 1 aliphatic heterocycles. The van der Waals surface area contributed by atoms with Crippen LogP contribution in [0.4, 0.5) is 0 Å². The second-order valence-electron chi connectivity index (χ2n) is 6.85. The van der Waals surface area contributed by atoms with E-state index in [0.717, 1.165) is 0 Å². The number of methoxy groups -OCH3 is 1. The lowest BCUT2D eigenvalue weighted by Crippen LogP contribution is -2.50. The molecule has 0 saturated carbocycles. The maximum absolute atomic E-state index is 12.6. The van der Waals surface area contributed by atoms with Gasteiger partial charge in [0.1, 0.15) is 29.1 Å². The number of Topliss-reactive ketones (excluding diaryl/α,β-unsaturated/α-hetero) is 1. The van der Waals surface area contributed by atoms with Crippen molar-refractivity contribution in [2.24, 2.45) is 0 Å². The van der Waals surface area contributed by atoms with Gasteiger partial charge in [0.2, 0.25) is 0 Å². The molecule has 1 heterocycles. The summed E-state index contributed by atoms with van der Waals surface area (Å²) in [7, 11) is 1.49. The van der Waals surface area contributed by atoms with Gasteiger partial charge in [0.25, 0.3) is 0 Å². The molecule has 3 aromatic carbocycles. The van der Waals surface area contributed by atoms with Crippen molar-refractivity contribution >= 4 is 16.6 Å². The number of aromatic hydroxyl groups is 3. The summed E-state index contributed by atoms with van der Waals surface area (Å²) in [5, 5.41) is 32.0. The fraction of sp³-hybridized carbons (Fsp3) is 0.190. The summed E-state index contributed by atoms with van der Waals surface area (Å²) in [4.78, 5) is 12.6. The number of ketones is 1. The monoisotopic (exact) mass is 364 g/mol. The first-order valence-corrected chi connectivity index (χ1v) is 8.54. The first-order chi connectivity index (χ1) is 13.0. The average Bonchev–Trinajstić information content (AvgIpc) is 2.98. The molecule has 3 aromatic rings. The molecule has 0 saturated heterocycles. The zero-order chi connectivity index (χ0) is 18.9. The number of hydrogen-bond donors (Lipinski definition) is 3. The van der Waals surface area contributed by atoms with Crippen molar-refractivity contribution in [3.8, 4) is 23.0 Å². The van der Waals surface area contributed by atoms with Crippen LogP contribution in [0.2, 0.25) is 0 Å². The average molecular weight is 364 g/mol.